The molecule has 10 heavy (non-hydrogen) atoms. The van der Waals surface area contributed by atoms with Crippen LogP contribution in [0.15, 0.2) is 0 Å². The monoisotopic (exact) mass is 284 g/mol. The van der Waals surface area contributed by atoms with Gasteiger partial charge in [-0.05, 0) is 3.44 Å². The summed E-state index contributed by atoms with van der Waals surface area (Å²) in [5, 5.41) is 0. The second-order valence-electron chi connectivity index (χ2n) is 0.201. The zero-order chi connectivity index (χ0) is 3.58. The Morgan fingerprint density at radius 3 is 0.700 bits per heavy atom. The van der Waals surface area contributed by atoms with Crippen molar-refractivity contribution in [2.45, 2.75) is 0 Å². The van der Waals surface area contributed by atoms with E-state index in [9.17, 15) is 0 Å². The predicted molar refractivity (Wildman–Crippen MR) is 23.9 cm³/mol. The van der Waals surface area contributed by atoms with Crippen LogP contribution in [0.25, 0.3) is 0 Å². The van der Waals surface area contributed by atoms with E-state index in [1.807, 2.05) is 0 Å². The van der Waals surface area contributed by atoms with Gasteiger partial charge < -0.3 is 39.7 Å². The first-order chi connectivity index (χ1) is 1.73. The van der Waals surface area contributed by atoms with Gasteiger partial charge in [-0.2, -0.15) is 0 Å². The van der Waals surface area contributed by atoms with Crippen molar-refractivity contribution in [2.75, 3.05) is 0 Å². The molecule has 0 radical (unpaired) electrons. The van der Waals surface area contributed by atoms with Crippen LogP contribution in [0.1, 0.15) is 0 Å². The van der Waals surface area contributed by atoms with E-state index in [0.717, 1.165) is 0 Å². The average Bonchev–Trinajstić information content (AvgIpc) is 0.811. The molecule has 0 spiro atoms. The lowest BCUT2D eigenvalue weighted by Crippen LogP contribution is -3.98. The smallest absolute Gasteiger partial charge is 0.412 e. The summed E-state index contributed by atoms with van der Waals surface area (Å²) in [6.45, 7) is 0. The lowest BCUT2D eigenvalue weighted by Gasteiger charge is -1.67. The molecule has 0 saturated carbocycles. The minimum absolute atomic E-state index is 0. The summed E-state index contributed by atoms with van der Waals surface area (Å²) in [7, 11) is 0. The van der Waals surface area contributed by atoms with Gasteiger partial charge in [-0.3, -0.25) is 0 Å². The van der Waals surface area contributed by atoms with Crippen LogP contribution in [0.2, 0.25) is 0 Å². The van der Waals surface area contributed by atoms with E-state index in [0.29, 0.717) is 0 Å². The summed E-state index contributed by atoms with van der Waals surface area (Å²) in [4.78, 5) is 0. The standard InChI is InChI=1S/HIO3.6H2O/c2-1(3)4;;;;;;/h2H;6*1H2. The molecule has 0 aromatic heterocycles. The van der Waals surface area contributed by atoms with Gasteiger partial charge in [-0.25, -0.2) is 0 Å². The Morgan fingerprint density at radius 2 is 0.700 bits per heavy atom. The van der Waals surface area contributed by atoms with E-state index >= 15 is 0 Å². The number of rotatable bonds is 0. The summed E-state index contributed by atoms with van der Waals surface area (Å²) in [5.41, 5.74) is 0. The van der Waals surface area contributed by atoms with E-state index in [4.69, 9.17) is 10.3 Å². The molecule has 0 atom stereocenters. The van der Waals surface area contributed by atoms with Crippen LogP contribution in [-0.2, 0) is 0 Å². The maximum atomic E-state index is 8.68. The Hall–Kier alpha value is 0.370. The van der Waals surface area contributed by atoms with Gasteiger partial charge in [-0.1, -0.05) is 0 Å². The summed E-state index contributed by atoms with van der Waals surface area (Å²) in [6.07, 6.45) is 0. The number of hydrogen-bond donors (Lipinski definition) is 1. The first-order valence-electron chi connectivity index (χ1n) is 0.478. The SMILES string of the molecule is O.O.O.O.O.O.[O-][I+2]([O-])O. The molecule has 0 aromatic rings. The van der Waals surface area contributed by atoms with Gasteiger partial charge in [0.25, 0.3) is 0 Å². The normalized spacial score (nSPS) is 3.60. The van der Waals surface area contributed by atoms with Crippen molar-refractivity contribution in [1.82, 2.24) is 0 Å². The van der Waals surface area contributed by atoms with E-state index < -0.39 is 21.1 Å². The molecule has 0 fully saturated rings. The zero-order valence-corrected chi connectivity index (χ0v) is 6.80. The molecule has 9 nitrogen and oxygen atoms in total. The molecule has 0 aliphatic heterocycles. The molecule has 0 heterocycles. The van der Waals surface area contributed by atoms with Crippen LogP contribution >= 0.6 is 0 Å². The molecule has 0 aliphatic rings. The van der Waals surface area contributed by atoms with Crippen LogP contribution in [-0.4, -0.2) is 36.3 Å². The lowest BCUT2D eigenvalue weighted by atomic mass is 16.0. The van der Waals surface area contributed by atoms with Crippen molar-refractivity contribution in [2.24, 2.45) is 0 Å². The van der Waals surface area contributed by atoms with Gasteiger partial charge in [0.2, 0.25) is 0 Å². The van der Waals surface area contributed by atoms with Crippen molar-refractivity contribution < 1.29 is 64.2 Å². The molecule has 0 aromatic carbocycles. The number of halogens is 1. The molecular formula is H13IO9. The zero-order valence-electron chi connectivity index (χ0n) is 4.64. The van der Waals surface area contributed by atoms with Crippen LogP contribution in [0.4, 0.5) is 0 Å². The van der Waals surface area contributed by atoms with Crippen molar-refractivity contribution in [3.8, 4) is 0 Å². The Bertz CT molecular complexity index is 9.44. The molecule has 10 heteroatoms. The molecule has 0 saturated heterocycles. The quantitative estimate of drug-likeness (QED) is 0.425. The Labute approximate surface area is 64.8 Å². The second kappa shape index (κ2) is 57.8. The minimum Gasteiger partial charge on any atom is -0.412 e. The number of hydrogen-bond acceptors (Lipinski definition) is 3. The first kappa shape index (κ1) is 80.2. The second-order valence-corrected chi connectivity index (χ2v) is 1.35. The summed E-state index contributed by atoms with van der Waals surface area (Å²) in [5.74, 6) is 0. The summed E-state index contributed by atoms with van der Waals surface area (Å²) in [6, 6.07) is 0. The molecule has 74 valence electrons. The van der Waals surface area contributed by atoms with Crippen LogP contribution in [0.5, 0.6) is 0 Å². The fourth-order valence-electron chi connectivity index (χ4n) is 0. The maximum Gasteiger partial charge on any atom is 0.503 e. The van der Waals surface area contributed by atoms with Crippen molar-refractivity contribution in [1.29, 1.82) is 0 Å². The van der Waals surface area contributed by atoms with E-state index in [1.54, 1.807) is 0 Å². The highest BCUT2D eigenvalue weighted by Crippen LogP contribution is 0.251. The van der Waals surface area contributed by atoms with Crippen molar-refractivity contribution in [3.63, 3.8) is 0 Å². The van der Waals surface area contributed by atoms with Crippen molar-refractivity contribution in [3.05, 3.63) is 0 Å². The maximum absolute atomic E-state index is 8.68. The average molecular weight is 284 g/mol. The van der Waals surface area contributed by atoms with Gasteiger partial charge in [0, 0.05) is 0 Å². The molecule has 13 N–H and O–H groups in total. The fraction of sp³-hybridized carbons (Fsp3) is 0. The van der Waals surface area contributed by atoms with Gasteiger partial charge in [0.15, 0.2) is 0 Å². The third-order valence-electron chi connectivity index (χ3n) is 0. The highest BCUT2D eigenvalue weighted by atomic mass is 127. The van der Waals surface area contributed by atoms with E-state index in [2.05, 4.69) is 0 Å². The van der Waals surface area contributed by atoms with Crippen LogP contribution in [0, 0.1) is 0 Å². The molecule has 0 rings (SSSR count). The van der Waals surface area contributed by atoms with Gasteiger partial charge >= 0.3 is 21.1 Å². The van der Waals surface area contributed by atoms with Gasteiger partial charge in [-0.15, -0.1) is 0 Å². The third-order valence-corrected chi connectivity index (χ3v) is 0. The fourth-order valence-corrected chi connectivity index (χ4v) is 0. The minimum atomic E-state index is -3.76. The first-order valence-corrected chi connectivity index (χ1v) is 3.20. The van der Waals surface area contributed by atoms with Crippen molar-refractivity contribution >= 4 is 0 Å². The Morgan fingerprint density at radius 1 is 0.700 bits per heavy atom. The molecule has 0 unspecified atom stereocenters. The van der Waals surface area contributed by atoms with Crippen LogP contribution in [0.3, 0.4) is 0 Å². The highest BCUT2D eigenvalue weighted by Gasteiger charge is 1.89. The molecule has 0 aliphatic carbocycles. The third kappa shape index (κ3) is 3320. The van der Waals surface area contributed by atoms with Gasteiger partial charge in [0.05, 0.1) is 0 Å². The van der Waals surface area contributed by atoms with E-state index in [1.165, 1.54) is 0 Å². The van der Waals surface area contributed by atoms with E-state index in [-0.39, 0.29) is 32.9 Å². The molecule has 0 amide bonds. The summed E-state index contributed by atoms with van der Waals surface area (Å²) >= 11 is -3.76. The largest absolute Gasteiger partial charge is 0.503 e. The van der Waals surface area contributed by atoms with Gasteiger partial charge in [0.1, 0.15) is 0 Å². The Balaban J connectivity index is -0.00000000300. The summed E-state index contributed by atoms with van der Waals surface area (Å²) < 4.78 is 24.5. The Kier molecular flexibility index (Phi) is 463. The molecular weight excluding hydrogens is 271 g/mol. The lowest BCUT2D eigenvalue weighted by molar-refractivity contribution is -1.63. The highest BCUT2D eigenvalue weighted by molar-refractivity contribution is 1.94. The topological polar surface area (TPSA) is 255 Å². The predicted octanol–water partition coefficient (Wildman–Crippen LogP) is -10.9. The van der Waals surface area contributed by atoms with Crippen LogP contribution < -0.4 is 27.9 Å². The molecule has 0 bridgehead atoms.